The number of aromatic amines is 1. The summed E-state index contributed by atoms with van der Waals surface area (Å²) in [6.45, 7) is 3.96. The molecule has 46 heavy (non-hydrogen) atoms. The van der Waals surface area contributed by atoms with Crippen molar-refractivity contribution in [1.82, 2.24) is 9.55 Å². The Kier molecular flexibility index (Phi) is 17.6. The summed E-state index contributed by atoms with van der Waals surface area (Å²) < 4.78 is 56.6. The van der Waals surface area contributed by atoms with E-state index in [1.54, 1.807) is 0 Å². The number of hydrogen-bond acceptors (Lipinski definition) is 16. The van der Waals surface area contributed by atoms with Gasteiger partial charge < -0.3 is 44.2 Å². The lowest BCUT2D eigenvalue weighted by Gasteiger charge is -2.29. The van der Waals surface area contributed by atoms with Crippen molar-refractivity contribution in [3.63, 3.8) is 0 Å². The molecule has 2 heterocycles. The van der Waals surface area contributed by atoms with Gasteiger partial charge in [-0.05, 0) is 20.8 Å². The zero-order chi connectivity index (χ0) is 34.2. The summed E-state index contributed by atoms with van der Waals surface area (Å²) in [6.07, 6.45) is -2.46. The maximum atomic E-state index is 13.1. The lowest BCUT2D eigenvalue weighted by Crippen LogP contribution is -2.49. The number of carbonyl (C=O) groups excluding carboxylic acids is 2. The first-order valence-electron chi connectivity index (χ1n) is 14.5. The van der Waals surface area contributed by atoms with Crippen LogP contribution in [0, 0.1) is 12.3 Å². The Morgan fingerprint density at radius 3 is 2.37 bits per heavy atom. The molecule has 2 unspecified atom stereocenters. The van der Waals surface area contributed by atoms with Crippen molar-refractivity contribution in [1.29, 1.82) is 0 Å². The number of ether oxygens (including phenoxy) is 6. The van der Waals surface area contributed by atoms with Gasteiger partial charge in [-0.3, -0.25) is 33.0 Å². The summed E-state index contributed by atoms with van der Waals surface area (Å²) in [5.41, 5.74) is 1.86. The number of phosphoric acid groups is 1. The number of nitrogens with zero attached hydrogens (tertiary/aromatic N) is 1. The standard InChI is InChI=1S/C26H44N3O15PS/c1-4-40-23(32)26(24(33)41-5-2,15-39-17-46-11-10-38-9-8-37-7-6-27)16-42-45(35,36)44-19-12-21(43-20(19)14-30)29-13-18(3)22(31)28-25(29)34/h13,19-21,30H,4-12,14-17,27H2,1-3H3,(H,35,36)(H,28,31,34)/t19-,20?,21-/m1/s1. The highest BCUT2D eigenvalue weighted by Crippen LogP contribution is 2.49. The highest BCUT2D eigenvalue weighted by molar-refractivity contribution is 7.99. The van der Waals surface area contributed by atoms with Crippen molar-refractivity contribution >= 4 is 31.5 Å². The minimum atomic E-state index is -5.07. The molecule has 0 aromatic carbocycles. The molecule has 1 aliphatic rings. The van der Waals surface area contributed by atoms with Crippen LogP contribution >= 0.6 is 19.6 Å². The summed E-state index contributed by atoms with van der Waals surface area (Å²) in [5.74, 6) is -1.68. The number of nitrogens with two attached hydrogens (primary N) is 1. The summed E-state index contributed by atoms with van der Waals surface area (Å²) in [5, 5.41) is 9.80. The predicted molar refractivity (Wildman–Crippen MR) is 162 cm³/mol. The van der Waals surface area contributed by atoms with Crippen molar-refractivity contribution in [2.24, 2.45) is 11.1 Å². The molecule has 20 heteroatoms. The summed E-state index contributed by atoms with van der Waals surface area (Å²) in [6, 6.07) is 0. The molecule has 0 aliphatic carbocycles. The summed E-state index contributed by atoms with van der Waals surface area (Å²) in [7, 11) is -5.07. The fraction of sp³-hybridized carbons (Fsp3) is 0.769. The first-order chi connectivity index (χ1) is 21.9. The lowest BCUT2D eigenvalue weighted by molar-refractivity contribution is -0.179. The number of phosphoric ester groups is 1. The Balaban J connectivity index is 2.08. The van der Waals surface area contributed by atoms with Crippen LogP contribution in [0.3, 0.4) is 0 Å². The fourth-order valence-corrected chi connectivity index (χ4v) is 5.66. The second-order valence-electron chi connectivity index (χ2n) is 9.82. The Bertz CT molecular complexity index is 1240. The number of nitrogens with one attached hydrogen (secondary N) is 1. The number of hydrogen-bond donors (Lipinski definition) is 4. The molecule has 1 fully saturated rings. The molecule has 0 radical (unpaired) electrons. The van der Waals surface area contributed by atoms with Gasteiger partial charge in [0.1, 0.15) is 18.4 Å². The molecular formula is C26H44N3O15PS. The number of aromatic nitrogens is 2. The molecule has 5 N–H and O–H groups in total. The van der Waals surface area contributed by atoms with Gasteiger partial charge in [0.15, 0.2) is 0 Å². The van der Waals surface area contributed by atoms with Crippen molar-refractivity contribution in [3.05, 3.63) is 32.6 Å². The first kappa shape index (κ1) is 40.0. The van der Waals surface area contributed by atoms with Crippen molar-refractivity contribution < 1.29 is 61.6 Å². The molecule has 0 spiro atoms. The number of aliphatic hydroxyl groups excluding tert-OH is 1. The van der Waals surface area contributed by atoms with E-state index >= 15 is 0 Å². The predicted octanol–water partition coefficient (Wildman–Crippen LogP) is -0.561. The number of rotatable bonds is 23. The smallest absolute Gasteiger partial charge is 0.465 e. The van der Waals surface area contributed by atoms with Gasteiger partial charge in [-0.2, -0.15) is 0 Å². The molecular weight excluding hydrogens is 657 g/mol. The minimum Gasteiger partial charge on any atom is -0.465 e. The van der Waals surface area contributed by atoms with Crippen LogP contribution in [0.25, 0.3) is 0 Å². The molecule has 0 amide bonds. The van der Waals surface area contributed by atoms with E-state index in [1.165, 1.54) is 38.7 Å². The molecule has 1 aromatic rings. The quantitative estimate of drug-likeness (QED) is 0.0367. The number of aryl methyl sites for hydroxylation is 1. The van der Waals surface area contributed by atoms with Crippen LogP contribution in [-0.4, -0.2) is 121 Å². The molecule has 1 aromatic heterocycles. The number of thioether (sulfide) groups is 1. The zero-order valence-electron chi connectivity index (χ0n) is 26.1. The average Bonchev–Trinajstić information content (AvgIpc) is 3.41. The van der Waals surface area contributed by atoms with Crippen molar-refractivity contribution in [3.8, 4) is 0 Å². The molecule has 18 nitrogen and oxygen atoms in total. The lowest BCUT2D eigenvalue weighted by atomic mass is 9.90. The van der Waals surface area contributed by atoms with Gasteiger partial charge in [-0.1, -0.05) is 0 Å². The normalized spacial score (nSPS) is 19.6. The minimum absolute atomic E-state index is 0.0173. The molecule has 2 rings (SSSR count). The number of carbonyl (C=O) groups is 2. The topological polar surface area (TPSA) is 246 Å². The SMILES string of the molecule is CCOC(=O)C(COCSCCOCCOCCN)(COP(=O)(O)O[C@@H]1C[C@H](n2cc(C)c(=O)[nH]c2=O)OC1CO)C(=O)OCC. The van der Waals surface area contributed by atoms with E-state index in [0.29, 0.717) is 38.7 Å². The Labute approximate surface area is 269 Å². The largest absolute Gasteiger partial charge is 0.472 e. The van der Waals surface area contributed by atoms with E-state index in [0.717, 1.165) is 4.57 Å². The van der Waals surface area contributed by atoms with Crippen LogP contribution in [0.4, 0.5) is 0 Å². The third-order valence-corrected chi connectivity index (χ3v) is 8.19. The van der Waals surface area contributed by atoms with Crippen LogP contribution in [-0.2, 0) is 51.6 Å². The van der Waals surface area contributed by atoms with E-state index in [9.17, 15) is 33.7 Å². The van der Waals surface area contributed by atoms with Gasteiger partial charge in [0.25, 0.3) is 5.56 Å². The second-order valence-corrected chi connectivity index (χ2v) is 12.3. The molecule has 4 atom stereocenters. The van der Waals surface area contributed by atoms with E-state index in [-0.39, 0.29) is 31.1 Å². The molecule has 264 valence electrons. The first-order valence-corrected chi connectivity index (χ1v) is 17.2. The Morgan fingerprint density at radius 2 is 1.76 bits per heavy atom. The van der Waals surface area contributed by atoms with E-state index in [2.05, 4.69) is 4.98 Å². The van der Waals surface area contributed by atoms with E-state index in [4.69, 9.17) is 43.2 Å². The van der Waals surface area contributed by atoms with Crippen LogP contribution in [0.15, 0.2) is 15.8 Å². The molecule has 1 aliphatic heterocycles. The van der Waals surface area contributed by atoms with Crippen LogP contribution in [0.2, 0.25) is 0 Å². The van der Waals surface area contributed by atoms with Crippen LogP contribution in [0.1, 0.15) is 32.1 Å². The van der Waals surface area contributed by atoms with E-state index in [1.807, 2.05) is 0 Å². The molecule has 0 saturated carbocycles. The van der Waals surface area contributed by atoms with Crippen molar-refractivity contribution in [2.75, 3.05) is 77.7 Å². The molecule has 1 saturated heterocycles. The van der Waals surface area contributed by atoms with Gasteiger partial charge in [-0.25, -0.2) is 9.36 Å². The fourth-order valence-electron chi connectivity index (χ4n) is 4.10. The van der Waals surface area contributed by atoms with Gasteiger partial charge in [0, 0.05) is 30.5 Å². The monoisotopic (exact) mass is 701 g/mol. The van der Waals surface area contributed by atoms with Crippen LogP contribution in [0.5, 0.6) is 0 Å². The van der Waals surface area contributed by atoms with Gasteiger partial charge in [0.2, 0.25) is 5.41 Å². The van der Waals surface area contributed by atoms with Gasteiger partial charge in [-0.15, -0.1) is 11.8 Å². The Hall–Kier alpha value is -2.16. The molecule has 0 bridgehead atoms. The summed E-state index contributed by atoms with van der Waals surface area (Å²) >= 11 is 1.30. The van der Waals surface area contributed by atoms with Crippen LogP contribution < -0.4 is 17.0 Å². The maximum Gasteiger partial charge on any atom is 0.472 e. The highest BCUT2D eigenvalue weighted by atomic mass is 32.2. The third-order valence-electron chi connectivity index (χ3n) is 6.41. The van der Waals surface area contributed by atoms with E-state index < -0.39 is 74.7 Å². The number of aliphatic hydroxyl groups is 1. The summed E-state index contributed by atoms with van der Waals surface area (Å²) in [4.78, 5) is 62.9. The van der Waals surface area contributed by atoms with Gasteiger partial charge >= 0.3 is 25.5 Å². The average molecular weight is 702 g/mol. The van der Waals surface area contributed by atoms with Gasteiger partial charge in [0.05, 0.1) is 65.4 Å². The van der Waals surface area contributed by atoms with Crippen molar-refractivity contribution in [2.45, 2.75) is 45.6 Å². The number of esters is 2. The second kappa shape index (κ2) is 20.3. The Morgan fingerprint density at radius 1 is 1.11 bits per heavy atom. The number of H-pyrrole nitrogens is 1. The third kappa shape index (κ3) is 12.1. The maximum absolute atomic E-state index is 13.1. The zero-order valence-corrected chi connectivity index (χ0v) is 27.8. The highest BCUT2D eigenvalue weighted by Gasteiger charge is 2.52.